The summed E-state index contributed by atoms with van der Waals surface area (Å²) in [5.74, 6) is 0. The molecule has 3 heteroatoms. The van der Waals surface area contributed by atoms with E-state index in [9.17, 15) is 0 Å². The Morgan fingerprint density at radius 1 is 0.600 bits per heavy atom. The van der Waals surface area contributed by atoms with E-state index in [1.807, 2.05) is 18.2 Å². The van der Waals surface area contributed by atoms with E-state index in [0.717, 1.165) is 13.9 Å². The van der Waals surface area contributed by atoms with Crippen molar-refractivity contribution in [3.8, 4) is 0 Å². The van der Waals surface area contributed by atoms with Crippen molar-refractivity contribution >= 4 is 38.4 Å². The molecule has 0 amide bonds. The Kier molecular flexibility index (Phi) is 8.88. The predicted octanol–water partition coefficient (Wildman–Crippen LogP) is 3.27. The first kappa shape index (κ1) is 19.8. The van der Waals surface area contributed by atoms with Crippen molar-refractivity contribution in [1.82, 2.24) is 0 Å². The molecule has 0 aliphatic rings. The molecule has 0 radical (unpaired) electrons. The van der Waals surface area contributed by atoms with Crippen molar-refractivity contribution < 1.29 is 17.1 Å². The van der Waals surface area contributed by atoms with Gasteiger partial charge in [-0.05, 0) is 5.30 Å². The predicted molar refractivity (Wildman–Crippen MR) is 107 cm³/mol. The van der Waals surface area contributed by atoms with Gasteiger partial charge in [-0.3, -0.25) is 8.58 Å². The van der Waals surface area contributed by atoms with Crippen LogP contribution in [0.25, 0.3) is 0 Å². The van der Waals surface area contributed by atoms with Crippen LogP contribution in [0.2, 0.25) is 0 Å². The van der Waals surface area contributed by atoms with Gasteiger partial charge in [0.05, 0.1) is 0 Å². The summed E-state index contributed by atoms with van der Waals surface area (Å²) in [4.78, 5) is 0. The molecule has 0 fully saturated rings. The Morgan fingerprint density at radius 2 is 1.08 bits per heavy atom. The third-order valence-electron chi connectivity index (χ3n) is 3.21. The minimum absolute atomic E-state index is 0. The zero-order chi connectivity index (χ0) is 16.5. The Morgan fingerprint density at radius 3 is 1.60 bits per heavy atom. The van der Waals surface area contributed by atoms with Gasteiger partial charge >= 0.3 is 0 Å². The van der Waals surface area contributed by atoms with E-state index >= 15 is 0 Å². The molecule has 2 atom stereocenters. The largest absolute Gasteiger partial charge is 0.998 e. The van der Waals surface area contributed by atoms with Gasteiger partial charge in [0.2, 0.25) is 0 Å². The van der Waals surface area contributed by atoms with E-state index in [2.05, 4.69) is 91.0 Å². The monoisotopic (exact) mass is 398 g/mol. The third-order valence-corrected chi connectivity index (χ3v) is 5.57. The Balaban J connectivity index is 0.000000173. The van der Waals surface area contributed by atoms with Crippen molar-refractivity contribution in [2.45, 2.75) is 0 Å². The maximum atomic E-state index is 2.96. The first-order valence-corrected chi connectivity index (χ1v) is 9.65. The second kappa shape index (κ2) is 11.2. The summed E-state index contributed by atoms with van der Waals surface area (Å²) >= 11 is 0. The molecule has 128 valence electrons. The molecule has 0 nitrogen and oxygen atoms in total. The molecular formula is C22H16FeP2-6. The van der Waals surface area contributed by atoms with Crippen LogP contribution in [0, 0.1) is 24.3 Å². The van der Waals surface area contributed by atoms with Gasteiger partial charge < -0.3 is 29.6 Å². The third kappa shape index (κ3) is 7.11. The summed E-state index contributed by atoms with van der Waals surface area (Å²) in [5.41, 5.74) is 0. The van der Waals surface area contributed by atoms with Crippen LogP contribution in [0.3, 0.4) is 0 Å². The van der Waals surface area contributed by atoms with Gasteiger partial charge in [0, 0.05) is 17.1 Å². The van der Waals surface area contributed by atoms with E-state index in [1.54, 1.807) is 0 Å². The van der Waals surface area contributed by atoms with E-state index in [4.69, 9.17) is 0 Å². The normalized spacial score (nSPS) is 10.6. The van der Waals surface area contributed by atoms with Crippen molar-refractivity contribution in [3.05, 3.63) is 109 Å². The van der Waals surface area contributed by atoms with Crippen molar-refractivity contribution in [2.24, 2.45) is 0 Å². The van der Waals surface area contributed by atoms with E-state index in [0.29, 0.717) is 8.58 Å². The van der Waals surface area contributed by atoms with Gasteiger partial charge in [0.25, 0.3) is 0 Å². The van der Waals surface area contributed by atoms with Gasteiger partial charge in [0.1, 0.15) is 0 Å². The summed E-state index contributed by atoms with van der Waals surface area (Å²) in [5, 5.41) is 5.18. The van der Waals surface area contributed by atoms with Crippen LogP contribution in [0.1, 0.15) is 0 Å². The second-order valence-electron chi connectivity index (χ2n) is 5.03. The minimum Gasteiger partial charge on any atom is -0.998 e. The average molecular weight is 398 g/mol. The number of benzene rings is 2. The molecule has 4 aromatic rings. The molecule has 4 rings (SSSR count). The average Bonchev–Trinajstić information content (AvgIpc) is 3.32. The van der Waals surface area contributed by atoms with Crippen LogP contribution in [-0.2, 0) is 17.1 Å². The fraction of sp³-hybridized carbons (Fsp3) is 0. The molecule has 0 saturated carbocycles. The summed E-state index contributed by atoms with van der Waals surface area (Å²) in [7, 11) is 1.43. The fourth-order valence-electron chi connectivity index (χ4n) is 2.09. The molecule has 2 unspecified atom stereocenters. The van der Waals surface area contributed by atoms with Crippen LogP contribution < -0.4 is 21.2 Å². The molecule has 0 aliphatic carbocycles. The van der Waals surface area contributed by atoms with Crippen LogP contribution in [0.5, 0.6) is 0 Å². The molecule has 0 aromatic heterocycles. The molecule has 0 aliphatic heterocycles. The van der Waals surface area contributed by atoms with E-state index in [1.165, 1.54) is 15.9 Å². The van der Waals surface area contributed by atoms with Crippen molar-refractivity contribution in [1.29, 1.82) is 0 Å². The summed E-state index contributed by atoms with van der Waals surface area (Å²) in [6, 6.07) is 40.8. The standard InChI is InChI=1S/C11H10P.C11H6P.Fe/c2*1-2-6-10(7-3-1)12-11-8-4-5-9-11;/h1-9,12H;1-3,6-7,12H;/q-1;-5;. The van der Waals surface area contributed by atoms with Crippen molar-refractivity contribution in [2.75, 3.05) is 0 Å². The molecule has 0 bridgehead atoms. The molecular weight excluding hydrogens is 382 g/mol. The molecule has 0 saturated heterocycles. The van der Waals surface area contributed by atoms with Crippen LogP contribution in [0.4, 0.5) is 0 Å². The summed E-state index contributed by atoms with van der Waals surface area (Å²) < 4.78 is 0. The summed E-state index contributed by atoms with van der Waals surface area (Å²) in [6.07, 6.45) is 0. The Labute approximate surface area is 164 Å². The summed E-state index contributed by atoms with van der Waals surface area (Å²) in [6.45, 7) is 0. The van der Waals surface area contributed by atoms with Crippen LogP contribution in [-0.4, -0.2) is 0 Å². The topological polar surface area (TPSA) is 0 Å². The fourth-order valence-corrected chi connectivity index (χ4v) is 4.04. The van der Waals surface area contributed by atoms with Gasteiger partial charge in [-0.2, -0.15) is 12.1 Å². The first-order valence-electron chi connectivity index (χ1n) is 7.65. The number of hydrogen-bond acceptors (Lipinski definition) is 0. The second-order valence-corrected chi connectivity index (χ2v) is 7.76. The van der Waals surface area contributed by atoms with Crippen molar-refractivity contribution in [3.63, 3.8) is 0 Å². The molecule has 0 spiro atoms. The quantitative estimate of drug-likeness (QED) is 0.281. The van der Waals surface area contributed by atoms with Gasteiger partial charge in [-0.15, -0.1) is 13.9 Å². The van der Waals surface area contributed by atoms with Crippen LogP contribution >= 0.6 is 17.2 Å². The van der Waals surface area contributed by atoms with Gasteiger partial charge in [-0.25, -0.2) is 12.1 Å². The first-order chi connectivity index (χ1) is 11.9. The number of rotatable bonds is 4. The van der Waals surface area contributed by atoms with Gasteiger partial charge in [-0.1, -0.05) is 66.0 Å². The van der Waals surface area contributed by atoms with Crippen LogP contribution in [0.15, 0.2) is 84.9 Å². The minimum atomic E-state index is 0. The zero-order valence-electron chi connectivity index (χ0n) is 13.4. The molecule has 4 aromatic carbocycles. The Bertz CT molecular complexity index is 720. The maximum Gasteiger partial charge on any atom is 0 e. The SMILES string of the molecule is [Fe].[c-]1[c-][c-][c-](Pc2ccccc2)[c-]1.c1ccc(P[c-]2cccc2)cc1. The smallest absolute Gasteiger partial charge is 0 e. The van der Waals surface area contributed by atoms with E-state index < -0.39 is 0 Å². The molecule has 0 N–H and O–H groups in total. The zero-order valence-corrected chi connectivity index (χ0v) is 16.5. The van der Waals surface area contributed by atoms with E-state index in [-0.39, 0.29) is 17.1 Å². The van der Waals surface area contributed by atoms with Gasteiger partial charge in [0.15, 0.2) is 0 Å². The Hall–Kier alpha value is -1.48. The maximum absolute atomic E-state index is 2.96. The number of hydrogen-bond donors (Lipinski definition) is 0. The molecule has 25 heavy (non-hydrogen) atoms. The molecule has 0 heterocycles.